The Morgan fingerprint density at radius 3 is 2.33 bits per heavy atom. The van der Waals surface area contributed by atoms with Crippen LogP contribution < -0.4 is 5.32 Å². The number of alkyl carbamates (subject to hydrolysis) is 1. The van der Waals surface area contributed by atoms with Crippen LogP contribution in [0.25, 0.3) is 0 Å². The molecule has 21 heavy (non-hydrogen) atoms. The summed E-state index contributed by atoms with van der Waals surface area (Å²) in [4.78, 5) is 23.0. The minimum Gasteiger partial charge on any atom is -0.444 e. The molecule has 0 bridgehead atoms. The van der Waals surface area contributed by atoms with Crippen molar-refractivity contribution in [3.8, 4) is 0 Å². The summed E-state index contributed by atoms with van der Waals surface area (Å²) in [6.45, 7) is 14.5. The van der Waals surface area contributed by atoms with Crippen LogP contribution in [0.5, 0.6) is 0 Å². The second kappa shape index (κ2) is 10.4. The van der Waals surface area contributed by atoms with Gasteiger partial charge in [-0.25, -0.2) is 4.79 Å². The molecule has 1 fully saturated rings. The smallest absolute Gasteiger partial charge is 0.407 e. The summed E-state index contributed by atoms with van der Waals surface area (Å²) in [5.41, 5.74) is 0. The fourth-order valence-corrected chi connectivity index (χ4v) is 2.35. The largest absolute Gasteiger partial charge is 0.444 e. The monoisotopic (exact) mass is 297 g/mol. The van der Waals surface area contributed by atoms with Gasteiger partial charge in [-0.2, -0.15) is 0 Å². The number of nitrogens with one attached hydrogen (secondary N) is 1. The van der Waals surface area contributed by atoms with Crippen molar-refractivity contribution < 1.29 is 14.3 Å². The lowest BCUT2D eigenvalue weighted by molar-refractivity contribution is -0.119. The zero-order valence-corrected chi connectivity index (χ0v) is 14.0. The number of ether oxygens (including phenoxy) is 1. The van der Waals surface area contributed by atoms with Crippen LogP contribution in [0.3, 0.4) is 0 Å². The van der Waals surface area contributed by atoms with Crippen molar-refractivity contribution in [1.82, 2.24) is 5.32 Å². The maximum Gasteiger partial charge on any atom is 0.407 e. The van der Waals surface area contributed by atoms with Crippen molar-refractivity contribution in [1.29, 1.82) is 0 Å². The summed E-state index contributed by atoms with van der Waals surface area (Å²) in [7, 11) is 0. The number of rotatable bonds is 8. The predicted octanol–water partition coefficient (Wildman–Crippen LogP) is 4.10. The molecule has 0 spiro atoms. The molecule has 122 valence electrons. The first-order chi connectivity index (χ1) is 9.88. The number of cyclic esters (lactones) is 1. The second-order valence-electron chi connectivity index (χ2n) is 6.33. The lowest BCUT2D eigenvalue weighted by atomic mass is 9.95. The van der Waals surface area contributed by atoms with Gasteiger partial charge in [-0.15, -0.1) is 13.2 Å². The van der Waals surface area contributed by atoms with E-state index in [2.05, 4.69) is 46.2 Å². The van der Waals surface area contributed by atoms with E-state index in [0.717, 1.165) is 12.8 Å². The first-order valence-corrected chi connectivity index (χ1v) is 7.87. The zero-order valence-electron chi connectivity index (χ0n) is 14.0. The highest BCUT2D eigenvalue weighted by Crippen LogP contribution is 2.21. The van der Waals surface area contributed by atoms with Gasteiger partial charge in [0.15, 0.2) is 0 Å². The number of hydrogen-bond acceptors (Lipinski definition) is 3. The molecule has 2 atom stereocenters. The van der Waals surface area contributed by atoms with Gasteiger partial charge in [0.05, 0.1) is 6.04 Å². The number of carbonyl (C=O) groups is 2. The van der Waals surface area contributed by atoms with Gasteiger partial charge in [0, 0.05) is 12.8 Å². The normalized spacial score (nSPS) is 20.8. The van der Waals surface area contributed by atoms with Crippen molar-refractivity contribution in [3.63, 3.8) is 0 Å². The number of amides is 1. The molecule has 1 amide bonds. The molecule has 1 rings (SSSR count). The summed E-state index contributed by atoms with van der Waals surface area (Å²) in [6, 6.07) is 0.0606. The summed E-state index contributed by atoms with van der Waals surface area (Å²) in [6.07, 6.45) is 3.16. The Labute approximate surface area is 129 Å². The van der Waals surface area contributed by atoms with Crippen LogP contribution >= 0.6 is 0 Å². The van der Waals surface area contributed by atoms with Crippen molar-refractivity contribution in [3.05, 3.63) is 13.2 Å². The molecule has 1 aliphatic heterocycles. The van der Waals surface area contributed by atoms with E-state index >= 15 is 0 Å². The highest BCUT2D eigenvalue weighted by atomic mass is 16.6. The standard InChI is InChI=1S/C15H27NO3.C2H4/c1-10(2)5-6-12(17)7-8-14-13(9-11(3)4)16-15(18)19-14;1-2/h10-11,13-14H,5-9H2,1-4H3,(H,16,18);1-2H2. The van der Waals surface area contributed by atoms with Gasteiger partial charge in [0.1, 0.15) is 11.9 Å². The van der Waals surface area contributed by atoms with E-state index in [1.165, 1.54) is 0 Å². The Kier molecular flexibility index (Phi) is 9.76. The average Bonchev–Trinajstić information content (AvgIpc) is 2.75. The third-order valence-electron chi connectivity index (χ3n) is 3.44. The Hall–Kier alpha value is -1.32. The van der Waals surface area contributed by atoms with Gasteiger partial charge < -0.3 is 10.1 Å². The molecule has 2 unspecified atom stereocenters. The van der Waals surface area contributed by atoms with Gasteiger partial charge in [0.2, 0.25) is 0 Å². The molecular formula is C17H31NO3. The second-order valence-corrected chi connectivity index (χ2v) is 6.33. The molecule has 4 heteroatoms. The van der Waals surface area contributed by atoms with E-state index in [1.54, 1.807) is 0 Å². The zero-order chi connectivity index (χ0) is 16.4. The Bertz CT molecular complexity index is 326. The lowest BCUT2D eigenvalue weighted by Crippen LogP contribution is -2.33. The summed E-state index contributed by atoms with van der Waals surface area (Å²) >= 11 is 0. The molecule has 0 saturated carbocycles. The lowest BCUT2D eigenvalue weighted by Gasteiger charge is -2.18. The summed E-state index contributed by atoms with van der Waals surface area (Å²) in [5.74, 6) is 1.34. The highest BCUT2D eigenvalue weighted by Gasteiger charge is 2.34. The maximum absolute atomic E-state index is 11.8. The van der Waals surface area contributed by atoms with Crippen LogP contribution in [0.15, 0.2) is 13.2 Å². The molecule has 1 aliphatic rings. The number of ketones is 1. The van der Waals surface area contributed by atoms with Crippen LogP contribution in [0.4, 0.5) is 4.79 Å². The number of carbonyl (C=O) groups excluding carboxylic acids is 2. The molecule has 0 aliphatic carbocycles. The first kappa shape index (κ1) is 19.7. The van der Waals surface area contributed by atoms with E-state index in [9.17, 15) is 9.59 Å². The van der Waals surface area contributed by atoms with Crippen molar-refractivity contribution in [2.75, 3.05) is 0 Å². The fourth-order valence-electron chi connectivity index (χ4n) is 2.35. The molecule has 0 aromatic rings. The summed E-state index contributed by atoms with van der Waals surface area (Å²) < 4.78 is 5.25. The molecule has 1 N–H and O–H groups in total. The minimum absolute atomic E-state index is 0.0606. The SMILES string of the molecule is C=C.CC(C)CCC(=O)CCC1OC(=O)NC1CC(C)C. The number of Topliss-reactive ketones (excluding diaryl/α,β-unsaturated/α-hetero) is 1. The highest BCUT2D eigenvalue weighted by molar-refractivity contribution is 5.78. The molecular weight excluding hydrogens is 266 g/mol. The van der Waals surface area contributed by atoms with Gasteiger partial charge in [0.25, 0.3) is 0 Å². The molecule has 1 heterocycles. The van der Waals surface area contributed by atoms with Gasteiger partial charge in [-0.1, -0.05) is 27.7 Å². The Morgan fingerprint density at radius 2 is 1.81 bits per heavy atom. The molecule has 4 nitrogen and oxygen atoms in total. The van der Waals surface area contributed by atoms with E-state index in [4.69, 9.17) is 4.74 Å². The maximum atomic E-state index is 11.8. The molecule has 0 aromatic carbocycles. The first-order valence-electron chi connectivity index (χ1n) is 7.87. The van der Waals surface area contributed by atoms with E-state index in [-0.39, 0.29) is 24.0 Å². The van der Waals surface area contributed by atoms with Crippen molar-refractivity contribution in [2.45, 2.75) is 71.9 Å². The molecule has 1 saturated heterocycles. The molecule has 0 aromatic heterocycles. The van der Waals surface area contributed by atoms with Crippen LogP contribution in [-0.2, 0) is 9.53 Å². The van der Waals surface area contributed by atoms with E-state index in [0.29, 0.717) is 31.1 Å². The number of hydrogen-bond donors (Lipinski definition) is 1. The van der Waals surface area contributed by atoms with Crippen LogP contribution in [0, 0.1) is 11.8 Å². The van der Waals surface area contributed by atoms with Gasteiger partial charge >= 0.3 is 6.09 Å². The topological polar surface area (TPSA) is 55.4 Å². The average molecular weight is 297 g/mol. The van der Waals surface area contributed by atoms with Crippen molar-refractivity contribution >= 4 is 11.9 Å². The van der Waals surface area contributed by atoms with Crippen LogP contribution in [0.1, 0.15) is 59.8 Å². The van der Waals surface area contributed by atoms with E-state index in [1.807, 2.05) is 0 Å². The van der Waals surface area contributed by atoms with E-state index < -0.39 is 0 Å². The fraction of sp³-hybridized carbons (Fsp3) is 0.765. The van der Waals surface area contributed by atoms with Crippen molar-refractivity contribution in [2.24, 2.45) is 11.8 Å². The third-order valence-corrected chi connectivity index (χ3v) is 3.44. The van der Waals surface area contributed by atoms with Crippen LogP contribution in [0.2, 0.25) is 0 Å². The molecule has 0 radical (unpaired) electrons. The Morgan fingerprint density at radius 1 is 1.19 bits per heavy atom. The Balaban J connectivity index is 0.00000191. The van der Waals surface area contributed by atoms with Gasteiger partial charge in [-0.05, 0) is 31.1 Å². The quantitative estimate of drug-likeness (QED) is 0.686. The minimum atomic E-state index is -0.342. The predicted molar refractivity (Wildman–Crippen MR) is 86.2 cm³/mol. The van der Waals surface area contributed by atoms with Gasteiger partial charge in [-0.3, -0.25) is 4.79 Å². The van der Waals surface area contributed by atoms with Crippen LogP contribution in [-0.4, -0.2) is 24.0 Å². The third kappa shape index (κ3) is 8.53. The summed E-state index contributed by atoms with van der Waals surface area (Å²) in [5, 5.41) is 2.84.